The smallest absolute Gasteiger partial charge is 0.161 e. The summed E-state index contributed by atoms with van der Waals surface area (Å²) in [5, 5.41) is 0. The van der Waals surface area contributed by atoms with Crippen molar-refractivity contribution in [1.82, 2.24) is 9.55 Å². The van der Waals surface area contributed by atoms with Gasteiger partial charge in [0.15, 0.2) is 11.5 Å². The van der Waals surface area contributed by atoms with Crippen LogP contribution in [0.3, 0.4) is 0 Å². The monoisotopic (exact) mass is 388 g/mol. The van der Waals surface area contributed by atoms with E-state index in [-0.39, 0.29) is 0 Å². The molecule has 1 aromatic heterocycles. The van der Waals surface area contributed by atoms with Crippen molar-refractivity contribution in [3.63, 3.8) is 0 Å². The number of ether oxygens (including phenoxy) is 3. The summed E-state index contributed by atoms with van der Waals surface area (Å²) < 4.78 is 19.5. The summed E-state index contributed by atoms with van der Waals surface area (Å²) in [6, 6.07) is 23.8. The largest absolute Gasteiger partial charge is 0.493 e. The van der Waals surface area contributed by atoms with Crippen LogP contribution in [-0.2, 0) is 13.2 Å². The Morgan fingerprint density at radius 2 is 1.55 bits per heavy atom. The van der Waals surface area contributed by atoms with Gasteiger partial charge in [0.1, 0.15) is 24.8 Å². The van der Waals surface area contributed by atoms with Crippen molar-refractivity contribution in [2.45, 2.75) is 20.1 Å². The van der Waals surface area contributed by atoms with Gasteiger partial charge in [-0.15, -0.1) is 0 Å². The number of fused-ring (bicyclic) bond motifs is 1. The fourth-order valence-electron chi connectivity index (χ4n) is 3.25. The second kappa shape index (κ2) is 8.69. The minimum Gasteiger partial charge on any atom is -0.493 e. The van der Waals surface area contributed by atoms with Gasteiger partial charge in [-0.2, -0.15) is 0 Å². The van der Waals surface area contributed by atoms with Gasteiger partial charge in [-0.1, -0.05) is 42.0 Å². The van der Waals surface area contributed by atoms with Crippen LogP contribution in [-0.4, -0.2) is 23.3 Å². The number of methoxy groups -OCH3 is 1. The maximum absolute atomic E-state index is 6.01. The van der Waals surface area contributed by atoms with Crippen molar-refractivity contribution < 1.29 is 14.2 Å². The van der Waals surface area contributed by atoms with Gasteiger partial charge < -0.3 is 18.8 Å². The predicted octanol–water partition coefficient (Wildman–Crippen LogP) is 5.01. The van der Waals surface area contributed by atoms with Crippen molar-refractivity contribution in [3.05, 3.63) is 84.2 Å². The maximum Gasteiger partial charge on any atom is 0.161 e. The molecule has 0 aliphatic heterocycles. The average Bonchev–Trinajstić information content (AvgIpc) is 3.11. The lowest BCUT2D eigenvalue weighted by Crippen LogP contribution is -2.13. The first kappa shape index (κ1) is 18.9. The molecule has 0 unspecified atom stereocenters. The van der Waals surface area contributed by atoms with E-state index in [4.69, 9.17) is 19.2 Å². The molecule has 5 nitrogen and oxygen atoms in total. The molecule has 0 spiro atoms. The molecule has 0 aliphatic carbocycles. The molecular weight excluding hydrogens is 364 g/mol. The number of benzene rings is 3. The molecule has 0 N–H and O–H groups in total. The standard InChI is InChI=1S/C24H24N2O3/c1-18-11-13-19(14-12-18)28-16-15-26-21-8-4-3-7-20(21)25-24(26)17-29-23-10-6-5-9-22(23)27-2/h3-14H,15-17H2,1-2H3. The Morgan fingerprint density at radius 1 is 0.828 bits per heavy atom. The molecule has 0 amide bonds. The van der Waals surface area contributed by atoms with Gasteiger partial charge in [-0.05, 0) is 43.3 Å². The minimum absolute atomic E-state index is 0.347. The highest BCUT2D eigenvalue weighted by Gasteiger charge is 2.12. The Morgan fingerprint density at radius 3 is 2.34 bits per heavy atom. The van der Waals surface area contributed by atoms with Crippen molar-refractivity contribution in [2.24, 2.45) is 0 Å². The molecule has 3 aromatic carbocycles. The topological polar surface area (TPSA) is 45.5 Å². The van der Waals surface area contributed by atoms with Gasteiger partial charge >= 0.3 is 0 Å². The van der Waals surface area contributed by atoms with E-state index in [0.717, 1.165) is 22.6 Å². The molecule has 0 saturated carbocycles. The average molecular weight is 388 g/mol. The molecule has 148 valence electrons. The Balaban J connectivity index is 1.51. The predicted molar refractivity (Wildman–Crippen MR) is 114 cm³/mol. The van der Waals surface area contributed by atoms with E-state index in [0.29, 0.717) is 31.3 Å². The molecule has 5 heteroatoms. The van der Waals surface area contributed by atoms with Crippen LogP contribution in [0, 0.1) is 6.92 Å². The normalized spacial score (nSPS) is 10.8. The summed E-state index contributed by atoms with van der Waals surface area (Å²) in [6.45, 7) is 3.64. The highest BCUT2D eigenvalue weighted by molar-refractivity contribution is 5.75. The van der Waals surface area contributed by atoms with Gasteiger partial charge in [-0.25, -0.2) is 4.98 Å². The first-order valence-electron chi connectivity index (χ1n) is 9.64. The fraction of sp³-hybridized carbons (Fsp3) is 0.208. The highest BCUT2D eigenvalue weighted by atomic mass is 16.5. The fourth-order valence-corrected chi connectivity index (χ4v) is 3.25. The van der Waals surface area contributed by atoms with Crippen LogP contribution in [0.25, 0.3) is 11.0 Å². The number of para-hydroxylation sites is 4. The van der Waals surface area contributed by atoms with E-state index >= 15 is 0 Å². The van der Waals surface area contributed by atoms with Gasteiger partial charge in [0, 0.05) is 0 Å². The molecule has 0 fully saturated rings. The highest BCUT2D eigenvalue weighted by Crippen LogP contribution is 2.27. The number of rotatable bonds is 8. The number of hydrogen-bond donors (Lipinski definition) is 0. The van der Waals surface area contributed by atoms with Crippen molar-refractivity contribution >= 4 is 11.0 Å². The van der Waals surface area contributed by atoms with E-state index in [1.165, 1.54) is 5.56 Å². The molecular formula is C24H24N2O3. The van der Waals surface area contributed by atoms with Gasteiger partial charge in [0.2, 0.25) is 0 Å². The van der Waals surface area contributed by atoms with E-state index in [9.17, 15) is 0 Å². The zero-order chi connectivity index (χ0) is 20.1. The van der Waals surface area contributed by atoms with Crippen LogP contribution in [0.5, 0.6) is 17.2 Å². The Bertz CT molecular complexity index is 1090. The first-order chi connectivity index (χ1) is 14.2. The molecule has 4 aromatic rings. The van der Waals surface area contributed by atoms with Crippen LogP contribution in [0.15, 0.2) is 72.8 Å². The van der Waals surface area contributed by atoms with Crippen LogP contribution in [0.4, 0.5) is 0 Å². The van der Waals surface area contributed by atoms with Crippen molar-refractivity contribution in [1.29, 1.82) is 0 Å². The Labute approximate surface area is 170 Å². The number of aromatic nitrogens is 2. The summed E-state index contributed by atoms with van der Waals surface area (Å²) in [4.78, 5) is 4.76. The molecule has 0 atom stereocenters. The molecule has 0 aliphatic rings. The molecule has 0 bridgehead atoms. The van der Waals surface area contributed by atoms with E-state index in [1.807, 2.05) is 54.6 Å². The molecule has 1 heterocycles. The summed E-state index contributed by atoms with van der Waals surface area (Å²) in [5.41, 5.74) is 3.23. The summed E-state index contributed by atoms with van der Waals surface area (Å²) in [6.07, 6.45) is 0. The zero-order valence-corrected chi connectivity index (χ0v) is 16.7. The third kappa shape index (κ3) is 4.35. The zero-order valence-electron chi connectivity index (χ0n) is 16.7. The third-order valence-corrected chi connectivity index (χ3v) is 4.76. The number of imidazole rings is 1. The molecule has 4 rings (SSSR count). The lowest BCUT2D eigenvalue weighted by atomic mass is 10.2. The first-order valence-corrected chi connectivity index (χ1v) is 9.64. The SMILES string of the molecule is COc1ccccc1OCc1nc2ccccc2n1CCOc1ccc(C)cc1. The summed E-state index contributed by atoms with van der Waals surface area (Å²) in [5.74, 6) is 3.12. The second-order valence-electron chi connectivity index (χ2n) is 6.77. The number of nitrogens with zero attached hydrogens (tertiary/aromatic N) is 2. The lowest BCUT2D eigenvalue weighted by molar-refractivity contribution is 0.262. The van der Waals surface area contributed by atoms with E-state index in [2.05, 4.69) is 29.7 Å². The summed E-state index contributed by atoms with van der Waals surface area (Å²) in [7, 11) is 1.64. The third-order valence-electron chi connectivity index (χ3n) is 4.76. The van der Waals surface area contributed by atoms with E-state index < -0.39 is 0 Å². The van der Waals surface area contributed by atoms with Gasteiger partial charge in [0.05, 0.1) is 24.7 Å². The van der Waals surface area contributed by atoms with Gasteiger partial charge in [-0.3, -0.25) is 0 Å². The van der Waals surface area contributed by atoms with Crippen LogP contribution in [0.2, 0.25) is 0 Å². The quantitative estimate of drug-likeness (QED) is 0.426. The molecule has 0 saturated heterocycles. The van der Waals surface area contributed by atoms with Crippen LogP contribution in [0.1, 0.15) is 11.4 Å². The molecule has 0 radical (unpaired) electrons. The summed E-state index contributed by atoms with van der Waals surface area (Å²) >= 11 is 0. The van der Waals surface area contributed by atoms with Crippen molar-refractivity contribution in [2.75, 3.05) is 13.7 Å². The second-order valence-corrected chi connectivity index (χ2v) is 6.77. The van der Waals surface area contributed by atoms with Crippen LogP contribution < -0.4 is 14.2 Å². The molecule has 29 heavy (non-hydrogen) atoms. The minimum atomic E-state index is 0.347. The number of hydrogen-bond acceptors (Lipinski definition) is 4. The maximum atomic E-state index is 6.01. The Hall–Kier alpha value is -3.47. The van der Waals surface area contributed by atoms with Crippen LogP contribution >= 0.6 is 0 Å². The van der Waals surface area contributed by atoms with Gasteiger partial charge in [0.25, 0.3) is 0 Å². The number of aryl methyl sites for hydroxylation is 1. The van der Waals surface area contributed by atoms with Crippen molar-refractivity contribution in [3.8, 4) is 17.2 Å². The lowest BCUT2D eigenvalue weighted by Gasteiger charge is -2.13. The van der Waals surface area contributed by atoms with E-state index in [1.54, 1.807) is 7.11 Å². The Kier molecular flexibility index (Phi) is 5.66.